The summed E-state index contributed by atoms with van der Waals surface area (Å²) in [4.78, 5) is 2.35. The van der Waals surface area contributed by atoms with Gasteiger partial charge >= 0.3 is 0 Å². The lowest BCUT2D eigenvalue weighted by Crippen LogP contribution is -2.47. The predicted molar refractivity (Wildman–Crippen MR) is 86.1 cm³/mol. The van der Waals surface area contributed by atoms with Crippen LogP contribution in [0.15, 0.2) is 18.2 Å². The van der Waals surface area contributed by atoms with E-state index in [0.29, 0.717) is 6.04 Å². The van der Waals surface area contributed by atoms with Gasteiger partial charge in [0.05, 0.1) is 5.69 Å². The number of halogens is 1. The Kier molecular flexibility index (Phi) is 4.48. The van der Waals surface area contributed by atoms with Crippen LogP contribution in [0.2, 0.25) is 0 Å². The quantitative estimate of drug-likeness (QED) is 0.915. The summed E-state index contributed by atoms with van der Waals surface area (Å²) in [5.74, 6) is 0.704. The van der Waals surface area contributed by atoms with Crippen molar-refractivity contribution in [2.24, 2.45) is 11.7 Å². The maximum absolute atomic E-state index is 14.6. The Hall–Kier alpha value is -1.09. The summed E-state index contributed by atoms with van der Waals surface area (Å²) >= 11 is 0. The maximum atomic E-state index is 14.6. The molecule has 1 aromatic rings. The topological polar surface area (TPSA) is 29.3 Å². The number of rotatable bonds is 3. The van der Waals surface area contributed by atoms with Crippen LogP contribution in [0.3, 0.4) is 0 Å². The summed E-state index contributed by atoms with van der Waals surface area (Å²) in [7, 11) is 0. The van der Waals surface area contributed by atoms with Crippen LogP contribution in [-0.4, -0.2) is 18.6 Å². The van der Waals surface area contributed by atoms with E-state index >= 15 is 0 Å². The van der Waals surface area contributed by atoms with Gasteiger partial charge in [-0.1, -0.05) is 18.9 Å². The largest absolute Gasteiger partial charge is 0.366 e. The second-order valence-electron chi connectivity index (χ2n) is 6.91. The van der Waals surface area contributed by atoms with Crippen LogP contribution in [-0.2, 0) is 6.42 Å². The lowest BCUT2D eigenvalue weighted by molar-refractivity contribution is 0.242. The van der Waals surface area contributed by atoms with Gasteiger partial charge in [-0.25, -0.2) is 4.39 Å². The maximum Gasteiger partial charge on any atom is 0.146 e. The average Bonchev–Trinajstić information content (AvgIpc) is 2.46. The van der Waals surface area contributed by atoms with Gasteiger partial charge in [0.2, 0.25) is 0 Å². The molecule has 1 heterocycles. The minimum atomic E-state index is -0.0700. The zero-order valence-electron chi connectivity index (χ0n) is 13.0. The van der Waals surface area contributed by atoms with E-state index in [2.05, 4.69) is 4.90 Å². The molecule has 2 fully saturated rings. The number of anilines is 1. The number of piperidine rings is 1. The molecule has 3 unspecified atom stereocenters. The highest BCUT2D eigenvalue weighted by Crippen LogP contribution is 2.38. The van der Waals surface area contributed by atoms with Gasteiger partial charge in [0.15, 0.2) is 0 Å². The van der Waals surface area contributed by atoms with E-state index in [-0.39, 0.29) is 11.9 Å². The average molecular weight is 290 g/mol. The van der Waals surface area contributed by atoms with Crippen LogP contribution < -0.4 is 10.6 Å². The first-order chi connectivity index (χ1) is 10.1. The number of fused-ring (bicyclic) bond motifs is 1. The van der Waals surface area contributed by atoms with Crippen molar-refractivity contribution in [3.8, 4) is 0 Å². The minimum absolute atomic E-state index is 0.0700. The third kappa shape index (κ3) is 3.23. The standard InChI is InChI=1S/C18H27FN2/c1-13(20)11-14-8-9-18(16(19)12-14)21-10-4-6-15-5-2-3-7-17(15)21/h8-9,12-13,15,17H,2-7,10-11,20H2,1H3. The van der Waals surface area contributed by atoms with Gasteiger partial charge in [-0.05, 0) is 62.6 Å². The molecule has 1 aliphatic heterocycles. The van der Waals surface area contributed by atoms with Crippen molar-refractivity contribution >= 4 is 5.69 Å². The Bertz CT molecular complexity index is 484. The Balaban J connectivity index is 1.81. The van der Waals surface area contributed by atoms with Gasteiger partial charge in [-0.3, -0.25) is 0 Å². The van der Waals surface area contributed by atoms with E-state index in [0.717, 1.165) is 30.1 Å². The second kappa shape index (κ2) is 6.35. The third-order valence-electron chi connectivity index (χ3n) is 5.12. The normalized spacial score (nSPS) is 27.3. The molecule has 1 saturated heterocycles. The second-order valence-corrected chi connectivity index (χ2v) is 6.91. The van der Waals surface area contributed by atoms with E-state index in [1.54, 1.807) is 6.07 Å². The van der Waals surface area contributed by atoms with Crippen molar-refractivity contribution in [1.29, 1.82) is 0 Å². The number of nitrogens with zero attached hydrogens (tertiary/aromatic N) is 1. The molecule has 2 N–H and O–H groups in total. The predicted octanol–water partition coefficient (Wildman–Crippen LogP) is 3.87. The third-order valence-corrected chi connectivity index (χ3v) is 5.12. The summed E-state index contributed by atoms with van der Waals surface area (Å²) in [6, 6.07) is 6.35. The van der Waals surface area contributed by atoms with Gasteiger partial charge in [0.1, 0.15) is 5.82 Å². The molecule has 1 aliphatic carbocycles. The fourth-order valence-electron chi connectivity index (χ4n) is 4.21. The molecular weight excluding hydrogens is 263 g/mol. The van der Waals surface area contributed by atoms with Gasteiger partial charge in [-0.15, -0.1) is 0 Å². The molecule has 21 heavy (non-hydrogen) atoms. The molecule has 0 spiro atoms. The lowest BCUT2D eigenvalue weighted by Gasteiger charge is -2.45. The Morgan fingerprint density at radius 2 is 2.00 bits per heavy atom. The molecule has 3 rings (SSSR count). The summed E-state index contributed by atoms with van der Waals surface area (Å²) in [6.07, 6.45) is 8.46. The van der Waals surface area contributed by atoms with E-state index in [1.807, 2.05) is 19.1 Å². The van der Waals surface area contributed by atoms with E-state index < -0.39 is 0 Å². The van der Waals surface area contributed by atoms with Crippen LogP contribution in [0.4, 0.5) is 10.1 Å². The molecule has 3 atom stereocenters. The fourth-order valence-corrected chi connectivity index (χ4v) is 4.21. The van der Waals surface area contributed by atoms with Crippen molar-refractivity contribution in [1.82, 2.24) is 0 Å². The van der Waals surface area contributed by atoms with Crippen molar-refractivity contribution < 1.29 is 4.39 Å². The number of benzene rings is 1. The highest BCUT2D eigenvalue weighted by atomic mass is 19.1. The van der Waals surface area contributed by atoms with E-state index in [1.165, 1.54) is 38.5 Å². The zero-order valence-corrected chi connectivity index (χ0v) is 13.0. The molecule has 1 saturated carbocycles. The van der Waals surface area contributed by atoms with Crippen LogP contribution >= 0.6 is 0 Å². The van der Waals surface area contributed by atoms with Crippen LogP contribution in [0.1, 0.15) is 51.0 Å². The van der Waals surface area contributed by atoms with Crippen molar-refractivity contribution in [3.05, 3.63) is 29.6 Å². The SMILES string of the molecule is CC(N)Cc1ccc(N2CCCC3CCCCC32)c(F)c1. The summed E-state index contributed by atoms with van der Waals surface area (Å²) in [5, 5.41) is 0. The van der Waals surface area contributed by atoms with Crippen molar-refractivity contribution in [2.45, 2.75) is 64.0 Å². The summed E-state index contributed by atoms with van der Waals surface area (Å²) < 4.78 is 14.6. The van der Waals surface area contributed by atoms with Gasteiger partial charge in [-0.2, -0.15) is 0 Å². The first kappa shape index (κ1) is 14.8. The van der Waals surface area contributed by atoms with E-state index in [9.17, 15) is 4.39 Å². The highest BCUT2D eigenvalue weighted by molar-refractivity contribution is 5.51. The minimum Gasteiger partial charge on any atom is -0.366 e. The first-order valence-electron chi connectivity index (χ1n) is 8.46. The molecule has 0 amide bonds. The van der Waals surface area contributed by atoms with Crippen molar-refractivity contribution in [2.75, 3.05) is 11.4 Å². The number of nitrogens with two attached hydrogens (primary N) is 1. The highest BCUT2D eigenvalue weighted by Gasteiger charge is 2.34. The Morgan fingerprint density at radius 1 is 1.24 bits per heavy atom. The monoisotopic (exact) mass is 290 g/mol. The molecule has 2 nitrogen and oxygen atoms in total. The number of hydrogen-bond acceptors (Lipinski definition) is 2. The Morgan fingerprint density at radius 3 is 2.76 bits per heavy atom. The van der Waals surface area contributed by atoms with Crippen LogP contribution in [0.5, 0.6) is 0 Å². The molecule has 3 heteroatoms. The summed E-state index contributed by atoms with van der Waals surface area (Å²) in [5.41, 5.74) is 7.62. The lowest BCUT2D eigenvalue weighted by atomic mass is 9.78. The number of hydrogen-bond donors (Lipinski definition) is 1. The molecule has 0 aromatic heterocycles. The zero-order chi connectivity index (χ0) is 14.8. The smallest absolute Gasteiger partial charge is 0.146 e. The van der Waals surface area contributed by atoms with Crippen LogP contribution in [0.25, 0.3) is 0 Å². The molecule has 116 valence electrons. The first-order valence-corrected chi connectivity index (χ1v) is 8.46. The molecule has 1 aromatic carbocycles. The van der Waals surface area contributed by atoms with Gasteiger partial charge in [0.25, 0.3) is 0 Å². The van der Waals surface area contributed by atoms with E-state index in [4.69, 9.17) is 5.73 Å². The molecule has 0 bridgehead atoms. The van der Waals surface area contributed by atoms with Gasteiger partial charge in [0, 0.05) is 18.6 Å². The Labute approximate surface area is 127 Å². The summed E-state index contributed by atoms with van der Waals surface area (Å²) in [6.45, 7) is 2.97. The molecule has 2 aliphatic rings. The fraction of sp³-hybridized carbons (Fsp3) is 0.667. The molecule has 0 radical (unpaired) electrons. The van der Waals surface area contributed by atoms with Crippen molar-refractivity contribution in [3.63, 3.8) is 0 Å². The van der Waals surface area contributed by atoms with Crippen LogP contribution in [0, 0.1) is 11.7 Å². The van der Waals surface area contributed by atoms with Gasteiger partial charge < -0.3 is 10.6 Å². The molecular formula is C18H27FN2.